The molecule has 0 saturated heterocycles. The van der Waals surface area contributed by atoms with Crippen molar-refractivity contribution in [1.82, 2.24) is 4.98 Å². The smallest absolute Gasteiger partial charge is 0.247 e. The van der Waals surface area contributed by atoms with Crippen LogP contribution in [0, 0.1) is 17.0 Å². The molecule has 1 heterocycles. The number of pyridine rings is 1. The van der Waals surface area contributed by atoms with Gasteiger partial charge in [0, 0.05) is 24.0 Å². The second kappa shape index (κ2) is 8.08. The van der Waals surface area contributed by atoms with Gasteiger partial charge in [0.2, 0.25) is 11.8 Å². The first-order valence-corrected chi connectivity index (χ1v) is 9.88. The second-order valence-corrected chi connectivity index (χ2v) is 7.67. The molecule has 164 valence electrons. The monoisotopic (exact) mass is 458 g/mol. The van der Waals surface area contributed by atoms with Gasteiger partial charge in [-0.25, -0.2) is 13.8 Å². The predicted octanol–water partition coefficient (Wildman–Crippen LogP) is 4.32. The summed E-state index contributed by atoms with van der Waals surface area (Å²) in [6, 6.07) is 10.2. The maximum Gasteiger partial charge on any atom is 0.247 e. The molecule has 4 rings (SSSR count). The number of halogens is 3. The van der Waals surface area contributed by atoms with Gasteiger partial charge in [-0.2, -0.15) is 0 Å². The van der Waals surface area contributed by atoms with Crippen LogP contribution in [0.25, 0.3) is 0 Å². The summed E-state index contributed by atoms with van der Waals surface area (Å²) in [4.78, 5) is 30.1. The molecule has 0 bridgehead atoms. The third kappa shape index (κ3) is 3.82. The Bertz CT molecular complexity index is 1220. The van der Waals surface area contributed by atoms with Crippen LogP contribution in [-0.4, -0.2) is 16.8 Å². The Kier molecular flexibility index (Phi) is 5.43. The molecule has 1 aliphatic carbocycles. The average Bonchev–Trinajstić information content (AvgIpc) is 3.57. The van der Waals surface area contributed by atoms with Crippen molar-refractivity contribution in [2.24, 2.45) is 11.1 Å². The van der Waals surface area contributed by atoms with Gasteiger partial charge in [-0.1, -0.05) is 11.6 Å². The average molecular weight is 459 g/mol. The zero-order valence-corrected chi connectivity index (χ0v) is 17.3. The highest BCUT2D eigenvalue weighted by Gasteiger charge is 2.57. The summed E-state index contributed by atoms with van der Waals surface area (Å²) in [6.45, 7) is 0. The third-order valence-corrected chi connectivity index (χ3v) is 5.57. The molecule has 7 nitrogen and oxygen atoms in total. The lowest BCUT2D eigenvalue weighted by atomic mass is 10.0. The molecule has 4 N–H and O–H groups in total. The molecule has 2 amide bonds. The van der Waals surface area contributed by atoms with E-state index in [0.717, 1.165) is 23.1 Å². The Morgan fingerprint density at radius 2 is 1.69 bits per heavy atom. The van der Waals surface area contributed by atoms with Crippen molar-refractivity contribution >= 4 is 40.6 Å². The van der Waals surface area contributed by atoms with E-state index < -0.39 is 28.9 Å². The third-order valence-electron chi connectivity index (χ3n) is 5.19. The molecule has 1 aromatic heterocycles. The number of nitrogens with zero attached hydrogens (tertiary/aromatic N) is 2. The summed E-state index contributed by atoms with van der Waals surface area (Å²) < 4.78 is 33.9. The van der Waals surface area contributed by atoms with Crippen molar-refractivity contribution in [3.8, 4) is 11.5 Å². The van der Waals surface area contributed by atoms with Crippen LogP contribution in [0.3, 0.4) is 0 Å². The van der Waals surface area contributed by atoms with E-state index in [2.05, 4.69) is 4.98 Å². The number of carbonyl (C=O) groups excluding carboxylic acids is 2. The number of carbonyl (C=O) groups is 2. The van der Waals surface area contributed by atoms with E-state index in [1.54, 1.807) is 0 Å². The molecule has 0 spiro atoms. The molecular formula is C22H17ClF2N4O3. The normalized spacial score (nSPS) is 14.0. The molecule has 2 aromatic carbocycles. The Morgan fingerprint density at radius 1 is 1.03 bits per heavy atom. The molecule has 0 aliphatic heterocycles. The predicted molar refractivity (Wildman–Crippen MR) is 115 cm³/mol. The van der Waals surface area contributed by atoms with Crippen LogP contribution in [0.15, 0.2) is 54.7 Å². The number of benzene rings is 2. The number of primary amides is 1. The molecule has 1 aliphatic rings. The zero-order chi connectivity index (χ0) is 23.0. The topological polar surface area (TPSA) is 112 Å². The lowest BCUT2D eigenvalue weighted by Gasteiger charge is -2.26. The van der Waals surface area contributed by atoms with E-state index in [0.29, 0.717) is 0 Å². The SMILES string of the molecule is NC(=O)C1(C(=O)N(c2ccc(F)cc2)c2ccc(Oc3ccnc(N)c3Cl)c(F)c2)CC1. The van der Waals surface area contributed by atoms with Gasteiger partial charge >= 0.3 is 0 Å². The highest BCUT2D eigenvalue weighted by Crippen LogP contribution is 2.49. The summed E-state index contributed by atoms with van der Waals surface area (Å²) in [5, 5.41) is 0.0243. The molecule has 0 radical (unpaired) electrons. The molecule has 1 saturated carbocycles. The Morgan fingerprint density at radius 3 is 2.28 bits per heavy atom. The van der Waals surface area contributed by atoms with Crippen molar-refractivity contribution in [3.63, 3.8) is 0 Å². The molecule has 10 heteroatoms. The van der Waals surface area contributed by atoms with E-state index in [1.165, 1.54) is 36.5 Å². The summed E-state index contributed by atoms with van der Waals surface area (Å²) in [6.07, 6.45) is 1.92. The lowest BCUT2D eigenvalue weighted by molar-refractivity contribution is -0.133. The fraction of sp³-hybridized carbons (Fsp3) is 0.136. The van der Waals surface area contributed by atoms with Gasteiger partial charge in [0.15, 0.2) is 17.3 Å². The number of amides is 2. The molecule has 1 fully saturated rings. The summed E-state index contributed by atoms with van der Waals surface area (Å²) in [5.41, 5.74) is 10.1. The highest BCUT2D eigenvalue weighted by atomic mass is 35.5. The molecule has 32 heavy (non-hydrogen) atoms. The van der Waals surface area contributed by atoms with Crippen LogP contribution in [0.2, 0.25) is 5.02 Å². The number of hydrogen-bond donors (Lipinski definition) is 2. The van der Waals surface area contributed by atoms with Gasteiger partial charge in [0.25, 0.3) is 0 Å². The van der Waals surface area contributed by atoms with Crippen molar-refractivity contribution < 1.29 is 23.1 Å². The number of anilines is 3. The van der Waals surface area contributed by atoms with Gasteiger partial charge in [-0.3, -0.25) is 14.5 Å². The maximum atomic E-state index is 14.9. The summed E-state index contributed by atoms with van der Waals surface area (Å²) in [5.74, 6) is -2.75. The fourth-order valence-corrected chi connectivity index (χ4v) is 3.38. The quantitative estimate of drug-likeness (QED) is 0.534. The van der Waals surface area contributed by atoms with Crippen LogP contribution in [0.5, 0.6) is 11.5 Å². The molecule has 0 unspecified atom stereocenters. The van der Waals surface area contributed by atoms with E-state index in [9.17, 15) is 18.4 Å². The van der Waals surface area contributed by atoms with Crippen molar-refractivity contribution in [3.05, 3.63) is 71.4 Å². The molecule has 3 aromatic rings. The van der Waals surface area contributed by atoms with Gasteiger partial charge in [-0.15, -0.1) is 0 Å². The zero-order valence-electron chi connectivity index (χ0n) is 16.5. The fourth-order valence-electron chi connectivity index (χ4n) is 3.23. The number of rotatable bonds is 6. The number of aromatic nitrogens is 1. The molecular weight excluding hydrogens is 442 g/mol. The van der Waals surface area contributed by atoms with Crippen LogP contribution in [0.1, 0.15) is 12.8 Å². The minimum atomic E-state index is -1.37. The number of ether oxygens (including phenoxy) is 1. The summed E-state index contributed by atoms with van der Waals surface area (Å²) >= 11 is 6.04. The van der Waals surface area contributed by atoms with E-state index in [-0.39, 0.29) is 46.6 Å². The number of hydrogen-bond acceptors (Lipinski definition) is 5. The van der Waals surface area contributed by atoms with Crippen LogP contribution in [-0.2, 0) is 9.59 Å². The van der Waals surface area contributed by atoms with Gasteiger partial charge in [-0.05, 0) is 49.2 Å². The van der Waals surface area contributed by atoms with E-state index in [4.69, 9.17) is 27.8 Å². The Balaban J connectivity index is 1.72. The van der Waals surface area contributed by atoms with Crippen molar-refractivity contribution in [1.29, 1.82) is 0 Å². The Hall–Kier alpha value is -3.72. The van der Waals surface area contributed by atoms with Crippen molar-refractivity contribution in [2.75, 3.05) is 10.6 Å². The minimum Gasteiger partial charge on any atom is -0.453 e. The summed E-state index contributed by atoms with van der Waals surface area (Å²) in [7, 11) is 0. The molecule has 0 atom stereocenters. The first-order chi connectivity index (χ1) is 15.2. The first-order valence-electron chi connectivity index (χ1n) is 9.50. The van der Waals surface area contributed by atoms with Gasteiger partial charge in [0.1, 0.15) is 22.1 Å². The number of nitrogens with two attached hydrogens (primary N) is 2. The van der Waals surface area contributed by atoms with Gasteiger partial charge in [0.05, 0.1) is 5.69 Å². The van der Waals surface area contributed by atoms with Crippen LogP contribution < -0.4 is 21.1 Å². The van der Waals surface area contributed by atoms with E-state index >= 15 is 0 Å². The number of nitrogen functional groups attached to an aromatic ring is 1. The minimum absolute atomic E-state index is 0.0236. The largest absolute Gasteiger partial charge is 0.453 e. The van der Waals surface area contributed by atoms with Crippen LogP contribution in [0.4, 0.5) is 26.0 Å². The Labute approximate surface area is 186 Å². The standard InChI is InChI=1S/C22H17ClF2N4O3/c23-18-17(7-10-28-19(18)26)32-16-6-5-14(11-15(16)25)29(13-3-1-12(24)2-4-13)21(31)22(8-9-22)20(27)30/h1-7,10-11H,8-9H2,(H2,26,28)(H2,27,30). The second-order valence-electron chi connectivity index (χ2n) is 7.29. The van der Waals surface area contributed by atoms with Crippen LogP contribution >= 0.6 is 11.6 Å². The van der Waals surface area contributed by atoms with Crippen molar-refractivity contribution in [2.45, 2.75) is 12.8 Å². The maximum absolute atomic E-state index is 14.9. The highest BCUT2D eigenvalue weighted by molar-refractivity contribution is 6.34. The van der Waals surface area contributed by atoms with Gasteiger partial charge < -0.3 is 16.2 Å². The first kappa shape index (κ1) is 21.5. The van der Waals surface area contributed by atoms with E-state index in [1.807, 2.05) is 0 Å². The lowest BCUT2D eigenvalue weighted by Crippen LogP contribution is -2.41.